The van der Waals surface area contributed by atoms with Crippen LogP contribution in [0.1, 0.15) is 100.0 Å². The maximum absolute atomic E-state index is 13.9. The van der Waals surface area contributed by atoms with Crippen molar-refractivity contribution in [1.29, 1.82) is 0 Å². The minimum atomic E-state index is -3.54. The Labute approximate surface area is 417 Å². The largest absolute Gasteiger partial charge is 0.458 e. The molecule has 4 amide bonds. The van der Waals surface area contributed by atoms with E-state index >= 15 is 0 Å². The third-order valence-corrected chi connectivity index (χ3v) is 13.7. The first-order chi connectivity index (χ1) is 34.3. The molecule has 0 aliphatic carbocycles. The van der Waals surface area contributed by atoms with Crippen LogP contribution in [-0.2, 0) is 63.7 Å². The monoisotopic (exact) mass is 1010 g/mol. The van der Waals surface area contributed by atoms with Crippen molar-refractivity contribution in [2.24, 2.45) is 5.92 Å². The number of hydrogen-bond acceptors (Lipinski definition) is 16. The Balaban J connectivity index is 0.954. The number of carbonyl (C=O) groups excluding carboxylic acids is 5. The predicted octanol–water partition coefficient (Wildman–Crippen LogP) is 1.75. The van der Waals surface area contributed by atoms with Gasteiger partial charge in [0.25, 0.3) is 5.56 Å². The molecule has 1 aromatic carbocycles. The molecule has 21 nitrogen and oxygen atoms in total. The van der Waals surface area contributed by atoms with Gasteiger partial charge in [-0.25, -0.2) is 28.2 Å². The number of aromatic nitrogens is 4. The van der Waals surface area contributed by atoms with Gasteiger partial charge < -0.3 is 50.1 Å². The van der Waals surface area contributed by atoms with E-state index in [1.54, 1.807) is 37.5 Å². The zero-order valence-electron chi connectivity index (χ0n) is 41.3. The van der Waals surface area contributed by atoms with E-state index in [-0.39, 0.29) is 79.5 Å². The molecule has 3 aliphatic rings. The number of aliphatic hydroxyl groups is 1. The lowest BCUT2D eigenvalue weighted by molar-refractivity contribution is -0.172. The van der Waals surface area contributed by atoms with E-state index in [1.807, 2.05) is 25.1 Å². The maximum Gasteiger partial charge on any atom is 0.343 e. The van der Waals surface area contributed by atoms with E-state index in [9.17, 15) is 42.3 Å². The van der Waals surface area contributed by atoms with E-state index in [0.717, 1.165) is 35.7 Å². The molecule has 3 atom stereocenters. The van der Waals surface area contributed by atoms with Gasteiger partial charge in [0.2, 0.25) is 45.4 Å². The number of esters is 1. The maximum atomic E-state index is 13.9. The van der Waals surface area contributed by atoms with E-state index in [4.69, 9.17) is 19.2 Å². The number of rotatable bonds is 21. The highest BCUT2D eigenvalue weighted by Crippen LogP contribution is 2.43. The minimum Gasteiger partial charge on any atom is -0.458 e. The normalized spacial score (nSPS) is 16.2. The summed E-state index contributed by atoms with van der Waals surface area (Å²) in [7, 11) is 0.338. The Morgan fingerprint density at radius 1 is 0.931 bits per heavy atom. The third kappa shape index (κ3) is 12.0. The molecule has 5 N–H and O–H groups in total. The van der Waals surface area contributed by atoms with Crippen molar-refractivity contribution in [3.05, 3.63) is 68.8 Å². The van der Waals surface area contributed by atoms with Crippen molar-refractivity contribution in [2.75, 3.05) is 46.8 Å². The number of cyclic esters (lactones) is 1. The Hall–Kier alpha value is -6.96. The van der Waals surface area contributed by atoms with Gasteiger partial charge in [-0.2, -0.15) is 0 Å². The predicted molar refractivity (Wildman–Crippen MR) is 262 cm³/mol. The van der Waals surface area contributed by atoms with Crippen LogP contribution in [0.15, 0.2) is 40.5 Å². The number of sulfone groups is 1. The first-order valence-corrected chi connectivity index (χ1v) is 25.9. The highest BCUT2D eigenvalue weighted by molar-refractivity contribution is 7.90. The van der Waals surface area contributed by atoms with Crippen molar-refractivity contribution in [1.82, 2.24) is 45.7 Å². The number of carbonyl (C=O) groups is 5. The smallest absolute Gasteiger partial charge is 0.343 e. The zero-order valence-corrected chi connectivity index (χ0v) is 42.1. The van der Waals surface area contributed by atoms with Crippen LogP contribution in [0.4, 0.5) is 0 Å². The van der Waals surface area contributed by atoms with Crippen molar-refractivity contribution in [3.63, 3.8) is 0 Å². The molecule has 0 spiro atoms. The van der Waals surface area contributed by atoms with Gasteiger partial charge in [0.15, 0.2) is 17.1 Å². The molecule has 0 saturated carbocycles. The Kier molecular flexibility index (Phi) is 16.6. The summed E-state index contributed by atoms with van der Waals surface area (Å²) >= 11 is 0. The average Bonchev–Trinajstić information content (AvgIpc) is 3.96. The topological polar surface area (TPSA) is 279 Å². The molecule has 6 heterocycles. The quantitative estimate of drug-likeness (QED) is 0.0303. The molecular formula is C50H61N9O12S. The molecule has 3 aromatic heterocycles. The van der Waals surface area contributed by atoms with Gasteiger partial charge in [-0.3, -0.25) is 24.0 Å². The number of pyridine rings is 2. The van der Waals surface area contributed by atoms with Crippen molar-refractivity contribution >= 4 is 50.3 Å². The number of ether oxygens (including phenoxy) is 3. The van der Waals surface area contributed by atoms with E-state index in [2.05, 4.69) is 43.1 Å². The molecule has 0 radical (unpaired) electrons. The van der Waals surface area contributed by atoms with E-state index < -0.39 is 51.2 Å². The van der Waals surface area contributed by atoms with Gasteiger partial charge in [0.05, 0.1) is 41.1 Å². The molecular weight excluding hydrogens is 951 g/mol. The van der Waals surface area contributed by atoms with Crippen LogP contribution >= 0.6 is 0 Å². The van der Waals surface area contributed by atoms with Crippen molar-refractivity contribution in [3.8, 4) is 34.7 Å². The standard InChI is InChI=1S/C50H61N9O12S/c1-7-50(66)35-21-38-44-33(26-59(38)47(64)34(35)27-69-48(50)65)31(32-20-39-40(71-28-70-39)22-37(32)55-44)15-13-18-51-42(61)25-52-45(62)36(16-11-12-19-58(4)5)56-46(63)43(29(2)3)57-41(60)17-10-8-9-14-30-23-53-49(54-24-30)72(6,67)68/h20-24,29,36,43,66H,7-8,10-13,15-19,25-28H2,1-6H3,(H,51,61)(H,52,62)(H,56,63)(H,57,60)/t36-,43-,50-/m0/s1. The highest BCUT2D eigenvalue weighted by Gasteiger charge is 2.45. The number of aryl methyl sites for hydroxylation is 1. The highest BCUT2D eigenvalue weighted by atomic mass is 32.2. The number of nitrogens with one attached hydrogen (secondary N) is 4. The minimum absolute atomic E-state index is 0.00771. The van der Waals surface area contributed by atoms with Crippen LogP contribution in [0.2, 0.25) is 0 Å². The fourth-order valence-corrected chi connectivity index (χ4v) is 9.33. The number of fused-ring (bicyclic) bond motifs is 6. The van der Waals surface area contributed by atoms with Gasteiger partial charge in [-0.15, -0.1) is 0 Å². The molecule has 3 aliphatic heterocycles. The number of benzene rings is 1. The lowest BCUT2D eigenvalue weighted by Crippen LogP contribution is -2.56. The SMILES string of the molecule is CC[C@@]1(O)C(=O)OCc2c1cc1n(c2=O)Cc2c-1nc1cc3c(cc1c2CCCNC(=O)CNC(=O)[C@H](CCCCN(C)C)NC(=O)[C@@H](NC(=O)CCCC#Cc1cnc(S(C)(=O)=O)nc1)C(C)C)OCO3. The summed E-state index contributed by atoms with van der Waals surface area (Å²) in [6.45, 7) is 5.81. The first kappa shape index (κ1) is 52.9. The van der Waals surface area contributed by atoms with E-state index in [0.29, 0.717) is 72.5 Å². The summed E-state index contributed by atoms with van der Waals surface area (Å²) in [5, 5.41) is 23.0. The Bertz CT molecular complexity index is 3000. The van der Waals surface area contributed by atoms with Crippen molar-refractivity contribution < 1.29 is 51.7 Å². The zero-order chi connectivity index (χ0) is 51.9. The van der Waals surface area contributed by atoms with Crippen molar-refractivity contribution in [2.45, 2.75) is 115 Å². The van der Waals surface area contributed by atoms with Gasteiger partial charge in [0, 0.05) is 60.6 Å². The fraction of sp³-hybridized carbons (Fsp3) is 0.500. The van der Waals surface area contributed by atoms with Crippen LogP contribution in [0.5, 0.6) is 11.5 Å². The third-order valence-electron chi connectivity index (χ3n) is 12.8. The summed E-state index contributed by atoms with van der Waals surface area (Å²) in [5.74, 6) is 3.77. The molecule has 0 bridgehead atoms. The lowest BCUT2D eigenvalue weighted by Gasteiger charge is -2.31. The van der Waals surface area contributed by atoms with Crippen LogP contribution in [0.25, 0.3) is 22.3 Å². The summed E-state index contributed by atoms with van der Waals surface area (Å²) < 4.78 is 41.4. The number of hydrogen-bond donors (Lipinski definition) is 5. The summed E-state index contributed by atoms with van der Waals surface area (Å²) in [6.07, 6.45) is 6.99. The van der Waals surface area contributed by atoms with Crippen LogP contribution in [0, 0.1) is 17.8 Å². The second kappa shape index (κ2) is 22.6. The molecule has 0 unspecified atom stereocenters. The number of amides is 4. The van der Waals surface area contributed by atoms with E-state index in [1.165, 1.54) is 12.4 Å². The fourth-order valence-electron chi connectivity index (χ4n) is 8.85. The summed E-state index contributed by atoms with van der Waals surface area (Å²) in [4.78, 5) is 94.8. The number of nitrogens with zero attached hydrogens (tertiary/aromatic N) is 5. The van der Waals surface area contributed by atoms with Gasteiger partial charge in [0.1, 0.15) is 18.7 Å². The summed E-state index contributed by atoms with van der Waals surface area (Å²) in [5.41, 5.74) is 1.70. The molecule has 0 saturated heterocycles. The lowest BCUT2D eigenvalue weighted by atomic mass is 9.86. The Morgan fingerprint density at radius 3 is 2.36 bits per heavy atom. The molecule has 0 fully saturated rings. The van der Waals surface area contributed by atoms with Gasteiger partial charge in [-0.1, -0.05) is 32.6 Å². The van der Waals surface area contributed by atoms with Crippen LogP contribution in [-0.4, -0.2) is 126 Å². The second-order valence-electron chi connectivity index (χ2n) is 18.7. The van der Waals surface area contributed by atoms with Crippen LogP contribution in [0.3, 0.4) is 0 Å². The molecule has 4 aromatic rings. The molecule has 72 heavy (non-hydrogen) atoms. The second-order valence-corrected chi connectivity index (χ2v) is 20.7. The van der Waals surface area contributed by atoms with Crippen LogP contribution < -0.4 is 36.3 Å². The average molecular weight is 1010 g/mol. The first-order valence-electron chi connectivity index (χ1n) is 24.0. The van der Waals surface area contributed by atoms with Gasteiger partial charge >= 0.3 is 5.97 Å². The number of unbranched alkanes of at least 4 members (excludes halogenated alkanes) is 2. The molecule has 384 valence electrons. The Morgan fingerprint density at radius 2 is 1.67 bits per heavy atom. The summed E-state index contributed by atoms with van der Waals surface area (Å²) in [6, 6.07) is 3.35. The van der Waals surface area contributed by atoms with Gasteiger partial charge in [-0.05, 0) is 89.2 Å². The molecule has 22 heteroatoms. The molecule has 7 rings (SSSR count).